The Hall–Kier alpha value is -2.09. The Balaban J connectivity index is 2.14. The van der Waals surface area contributed by atoms with Crippen LogP contribution in [0.25, 0.3) is 0 Å². The monoisotopic (exact) mass is 410 g/mol. The predicted molar refractivity (Wildman–Crippen MR) is 107 cm³/mol. The molecule has 1 amide bonds. The quantitative estimate of drug-likeness (QED) is 0.643. The van der Waals surface area contributed by atoms with Crippen molar-refractivity contribution in [3.63, 3.8) is 0 Å². The lowest BCUT2D eigenvalue weighted by Gasteiger charge is -2.20. The number of carbonyl (C=O) groups is 1. The Bertz CT molecular complexity index is 887. The molecule has 2 aromatic carbocycles. The normalized spacial score (nSPS) is 11.2. The second-order valence-electron chi connectivity index (χ2n) is 5.79. The molecule has 0 atom stereocenters. The molecule has 6 nitrogen and oxygen atoms in total. The Morgan fingerprint density at radius 1 is 1.19 bits per heavy atom. The number of halogens is 1. The van der Waals surface area contributed by atoms with Gasteiger partial charge in [0.05, 0.1) is 10.6 Å². The zero-order valence-corrected chi connectivity index (χ0v) is 16.9. The summed E-state index contributed by atoms with van der Waals surface area (Å²) in [5.41, 5.74) is 0.722. The van der Waals surface area contributed by atoms with Crippen molar-refractivity contribution in [2.75, 3.05) is 31.1 Å². The second-order valence-corrected chi connectivity index (χ2v) is 8.19. The topological polar surface area (TPSA) is 75.7 Å². The summed E-state index contributed by atoms with van der Waals surface area (Å²) in [5, 5.41) is 3.20. The fourth-order valence-electron chi connectivity index (χ4n) is 2.39. The maximum Gasteiger partial charge on any atom is 0.264 e. The number of nitrogens with one attached hydrogen (secondary N) is 1. The first-order chi connectivity index (χ1) is 12.9. The number of sulfonamides is 1. The van der Waals surface area contributed by atoms with E-state index >= 15 is 0 Å². The third-order valence-electron chi connectivity index (χ3n) is 3.88. The summed E-state index contributed by atoms with van der Waals surface area (Å²) in [6.45, 7) is 3.56. The highest BCUT2D eigenvalue weighted by molar-refractivity contribution is 7.92. The molecule has 1 N–H and O–H groups in total. The average Bonchev–Trinajstić information content (AvgIpc) is 2.67. The standard InChI is InChI=1S/C19H23ClN2O4S/c1-3-26-12-6-11-21-19(23)15-7-4-10-18(13-15)27(24,25)22(2)17-9-5-8-16(20)14-17/h4-5,7-10,13-14H,3,6,11-12H2,1-2H3,(H,21,23). The van der Waals surface area contributed by atoms with E-state index in [1.807, 2.05) is 6.92 Å². The molecule has 2 aromatic rings. The number of hydrogen-bond acceptors (Lipinski definition) is 4. The van der Waals surface area contributed by atoms with Gasteiger partial charge in [0.1, 0.15) is 0 Å². The van der Waals surface area contributed by atoms with Crippen LogP contribution in [0.1, 0.15) is 23.7 Å². The van der Waals surface area contributed by atoms with Crippen molar-refractivity contribution in [3.05, 3.63) is 59.1 Å². The van der Waals surface area contributed by atoms with Gasteiger partial charge in [0.2, 0.25) is 0 Å². The van der Waals surface area contributed by atoms with Crippen molar-refractivity contribution in [3.8, 4) is 0 Å². The molecule has 0 fully saturated rings. The molecule has 0 bridgehead atoms. The van der Waals surface area contributed by atoms with Crippen molar-refractivity contribution in [1.29, 1.82) is 0 Å². The first-order valence-electron chi connectivity index (χ1n) is 8.56. The predicted octanol–water partition coefficient (Wildman–Crippen LogP) is 3.32. The van der Waals surface area contributed by atoms with E-state index in [9.17, 15) is 13.2 Å². The number of benzene rings is 2. The summed E-state index contributed by atoms with van der Waals surface area (Å²) < 4.78 is 32.1. The highest BCUT2D eigenvalue weighted by Crippen LogP contribution is 2.25. The van der Waals surface area contributed by atoms with Crippen molar-refractivity contribution < 1.29 is 17.9 Å². The highest BCUT2D eigenvalue weighted by Gasteiger charge is 2.22. The van der Waals surface area contributed by atoms with Crippen LogP contribution >= 0.6 is 11.6 Å². The van der Waals surface area contributed by atoms with Gasteiger partial charge in [-0.3, -0.25) is 9.10 Å². The zero-order valence-electron chi connectivity index (χ0n) is 15.3. The van der Waals surface area contributed by atoms with Crippen LogP contribution in [-0.4, -0.2) is 41.1 Å². The summed E-state index contributed by atoms with van der Waals surface area (Å²) in [5.74, 6) is -0.325. The Morgan fingerprint density at radius 2 is 1.93 bits per heavy atom. The number of amides is 1. The highest BCUT2D eigenvalue weighted by atomic mass is 35.5. The molecule has 0 unspecified atom stereocenters. The summed E-state index contributed by atoms with van der Waals surface area (Å²) in [7, 11) is -2.38. The van der Waals surface area contributed by atoms with Crippen molar-refractivity contribution >= 4 is 33.2 Å². The van der Waals surface area contributed by atoms with Crippen molar-refractivity contribution in [1.82, 2.24) is 5.32 Å². The van der Waals surface area contributed by atoms with E-state index in [1.54, 1.807) is 36.4 Å². The molecule has 0 radical (unpaired) electrons. The van der Waals surface area contributed by atoms with Gasteiger partial charge in [-0.1, -0.05) is 23.7 Å². The maximum absolute atomic E-state index is 12.9. The van der Waals surface area contributed by atoms with Crippen LogP contribution in [0.5, 0.6) is 0 Å². The third kappa shape index (κ3) is 5.69. The summed E-state index contributed by atoms with van der Waals surface area (Å²) in [6.07, 6.45) is 0.690. The van der Waals surface area contributed by atoms with Gasteiger partial charge in [-0.2, -0.15) is 0 Å². The van der Waals surface area contributed by atoms with Crippen LogP contribution in [0.4, 0.5) is 5.69 Å². The smallest absolute Gasteiger partial charge is 0.264 e. The summed E-state index contributed by atoms with van der Waals surface area (Å²) in [4.78, 5) is 12.3. The maximum atomic E-state index is 12.9. The van der Waals surface area contributed by atoms with Crippen LogP contribution in [0.2, 0.25) is 5.02 Å². The summed E-state index contributed by atoms with van der Waals surface area (Å²) in [6, 6.07) is 12.5. The fraction of sp³-hybridized carbons (Fsp3) is 0.316. The second kappa shape index (κ2) is 9.73. The van der Waals surface area contributed by atoms with Crippen LogP contribution in [0, 0.1) is 0 Å². The van der Waals surface area contributed by atoms with Gasteiger partial charge in [0.25, 0.3) is 15.9 Å². The lowest BCUT2D eigenvalue weighted by atomic mass is 10.2. The van der Waals surface area contributed by atoms with Gasteiger partial charge >= 0.3 is 0 Å². The Labute approximate surface area is 165 Å². The molecular formula is C19H23ClN2O4S. The van der Waals surface area contributed by atoms with Gasteiger partial charge in [0, 0.05) is 37.4 Å². The molecule has 146 valence electrons. The van der Waals surface area contributed by atoms with E-state index in [4.69, 9.17) is 16.3 Å². The van der Waals surface area contributed by atoms with Gasteiger partial charge < -0.3 is 10.1 Å². The number of anilines is 1. The molecule has 0 saturated heterocycles. The van der Waals surface area contributed by atoms with E-state index in [-0.39, 0.29) is 16.4 Å². The third-order valence-corrected chi connectivity index (χ3v) is 5.90. The molecule has 0 aliphatic heterocycles. The van der Waals surface area contributed by atoms with Gasteiger partial charge in [-0.05, 0) is 49.7 Å². The first-order valence-corrected chi connectivity index (χ1v) is 10.4. The minimum Gasteiger partial charge on any atom is -0.382 e. The van der Waals surface area contributed by atoms with Crippen molar-refractivity contribution in [2.45, 2.75) is 18.2 Å². The van der Waals surface area contributed by atoms with Gasteiger partial charge in [-0.25, -0.2) is 8.42 Å². The SMILES string of the molecule is CCOCCCNC(=O)c1cccc(S(=O)(=O)N(C)c2cccc(Cl)c2)c1. The van der Waals surface area contributed by atoms with Crippen LogP contribution in [-0.2, 0) is 14.8 Å². The molecule has 0 aliphatic carbocycles. The Morgan fingerprint density at radius 3 is 2.63 bits per heavy atom. The van der Waals surface area contributed by atoms with E-state index in [0.29, 0.717) is 36.9 Å². The largest absolute Gasteiger partial charge is 0.382 e. The minimum absolute atomic E-state index is 0.0342. The number of hydrogen-bond donors (Lipinski definition) is 1. The van der Waals surface area contributed by atoms with Crippen LogP contribution in [0.3, 0.4) is 0 Å². The lowest BCUT2D eigenvalue weighted by Crippen LogP contribution is -2.28. The zero-order chi connectivity index (χ0) is 19.9. The average molecular weight is 411 g/mol. The van der Waals surface area contributed by atoms with Crippen LogP contribution in [0.15, 0.2) is 53.4 Å². The van der Waals surface area contributed by atoms with E-state index in [1.165, 1.54) is 19.2 Å². The summed E-state index contributed by atoms with van der Waals surface area (Å²) >= 11 is 5.95. The van der Waals surface area contributed by atoms with E-state index < -0.39 is 10.0 Å². The minimum atomic E-state index is -3.82. The molecule has 0 heterocycles. The molecule has 0 aromatic heterocycles. The molecule has 2 rings (SSSR count). The lowest BCUT2D eigenvalue weighted by molar-refractivity contribution is 0.0944. The van der Waals surface area contributed by atoms with Crippen LogP contribution < -0.4 is 9.62 Å². The van der Waals surface area contributed by atoms with E-state index in [2.05, 4.69) is 5.32 Å². The van der Waals surface area contributed by atoms with Gasteiger partial charge in [-0.15, -0.1) is 0 Å². The van der Waals surface area contributed by atoms with Crippen molar-refractivity contribution in [2.24, 2.45) is 0 Å². The first kappa shape index (κ1) is 21.2. The molecule has 0 saturated carbocycles. The number of carbonyl (C=O) groups excluding carboxylic acids is 1. The fourth-order valence-corrected chi connectivity index (χ4v) is 3.81. The Kier molecular flexibility index (Phi) is 7.65. The molecule has 27 heavy (non-hydrogen) atoms. The number of ether oxygens (including phenoxy) is 1. The molecule has 8 heteroatoms. The number of rotatable bonds is 9. The molecule has 0 aliphatic rings. The van der Waals surface area contributed by atoms with Gasteiger partial charge in [0.15, 0.2) is 0 Å². The molecular weight excluding hydrogens is 388 g/mol. The number of nitrogens with zero attached hydrogens (tertiary/aromatic N) is 1. The van der Waals surface area contributed by atoms with E-state index in [0.717, 1.165) is 4.31 Å². The molecule has 0 spiro atoms.